The maximum Gasteiger partial charge on any atom is 0.147 e. The molecule has 0 radical (unpaired) electrons. The van der Waals surface area contributed by atoms with Gasteiger partial charge in [-0.2, -0.15) is 0 Å². The van der Waals surface area contributed by atoms with E-state index in [1.54, 1.807) is 36.4 Å². The van der Waals surface area contributed by atoms with Gasteiger partial charge in [-0.05, 0) is 46.5 Å². The Morgan fingerprint density at radius 2 is 0.950 bits per heavy atom. The van der Waals surface area contributed by atoms with Crippen LogP contribution in [0.4, 0.5) is 0 Å². The lowest BCUT2D eigenvalue weighted by molar-refractivity contribution is -0.214. The second-order valence-electron chi connectivity index (χ2n) is 10.0. The quantitative estimate of drug-likeness (QED) is 0.173. The highest BCUT2D eigenvalue weighted by Crippen LogP contribution is 2.44. The summed E-state index contributed by atoms with van der Waals surface area (Å²) in [6, 6.07) is 10.4. The van der Waals surface area contributed by atoms with E-state index in [1.807, 2.05) is 0 Å². The number of hydrogen-bond acceptors (Lipinski definition) is 11. The Labute approximate surface area is 229 Å². The molecule has 11 nitrogen and oxygen atoms in total. The van der Waals surface area contributed by atoms with Gasteiger partial charge >= 0.3 is 0 Å². The fourth-order valence-corrected chi connectivity index (χ4v) is 5.14. The number of rotatable bonds is 2. The van der Waals surface area contributed by atoms with Crippen molar-refractivity contribution in [3.8, 4) is 34.8 Å². The first-order valence-electron chi connectivity index (χ1n) is 12.7. The molecule has 0 aromatic heterocycles. The molecular weight excluding hydrogens is 524 g/mol. The molecule has 0 saturated carbocycles. The van der Waals surface area contributed by atoms with E-state index >= 15 is 0 Å². The van der Waals surface area contributed by atoms with E-state index in [1.165, 1.54) is 0 Å². The zero-order valence-corrected chi connectivity index (χ0v) is 21.1. The van der Waals surface area contributed by atoms with Crippen molar-refractivity contribution in [1.29, 1.82) is 0 Å². The standard InChI is InChI=1S/C29H30O11/c30-11-21-26(35)28(37)24(33)19(39-21)7-3-13-1-5-15-16-6-2-14(10-18(16)23(32)17(15)9-13)4-8-20-25(34)29(38)27(36)22(12-31)40-20/h1-2,5-6,9-10,19-38H,11-12H2/t19-,20-,21-,22-,24-,25-,26-,27-,28-,29-/m1/s1. The third-order valence-corrected chi connectivity index (χ3v) is 7.48. The number of aliphatic hydroxyl groups is 9. The summed E-state index contributed by atoms with van der Waals surface area (Å²) in [6.07, 6.45) is -14.4. The van der Waals surface area contributed by atoms with Gasteiger partial charge in [0.25, 0.3) is 0 Å². The van der Waals surface area contributed by atoms with Crippen molar-refractivity contribution in [2.24, 2.45) is 0 Å². The van der Waals surface area contributed by atoms with E-state index in [0.717, 1.165) is 11.1 Å². The molecule has 212 valence electrons. The van der Waals surface area contributed by atoms with Crippen molar-refractivity contribution in [2.75, 3.05) is 13.2 Å². The molecule has 40 heavy (non-hydrogen) atoms. The van der Waals surface area contributed by atoms with Gasteiger partial charge in [-0.25, -0.2) is 0 Å². The molecular formula is C29H30O11. The molecule has 0 spiro atoms. The number of fused-ring (bicyclic) bond motifs is 3. The van der Waals surface area contributed by atoms with Crippen molar-refractivity contribution in [3.05, 3.63) is 58.7 Å². The van der Waals surface area contributed by atoms with Crippen LogP contribution in [-0.2, 0) is 9.47 Å². The molecule has 11 heteroatoms. The summed E-state index contributed by atoms with van der Waals surface area (Å²) in [7, 11) is 0. The normalized spacial score (nSPS) is 36.5. The smallest absolute Gasteiger partial charge is 0.147 e. The zero-order valence-electron chi connectivity index (χ0n) is 21.1. The lowest BCUT2D eigenvalue weighted by atomic mass is 9.95. The second-order valence-corrected chi connectivity index (χ2v) is 10.0. The molecule has 2 heterocycles. The van der Waals surface area contributed by atoms with Gasteiger partial charge in [0.2, 0.25) is 0 Å². The Balaban J connectivity index is 1.35. The fourth-order valence-electron chi connectivity index (χ4n) is 5.14. The summed E-state index contributed by atoms with van der Waals surface area (Å²) in [6.45, 7) is -1.11. The van der Waals surface area contributed by atoms with Crippen LogP contribution in [-0.4, -0.2) is 120 Å². The first-order chi connectivity index (χ1) is 19.1. The molecule has 10 atom stereocenters. The first kappa shape index (κ1) is 28.6. The first-order valence-corrected chi connectivity index (χ1v) is 12.7. The topological polar surface area (TPSA) is 201 Å². The Hall–Kier alpha value is -2.88. The van der Waals surface area contributed by atoms with E-state index in [2.05, 4.69) is 23.7 Å². The summed E-state index contributed by atoms with van der Waals surface area (Å²) in [4.78, 5) is 0. The van der Waals surface area contributed by atoms with E-state index in [0.29, 0.717) is 22.3 Å². The van der Waals surface area contributed by atoms with Crippen LogP contribution in [0, 0.1) is 23.7 Å². The molecule has 2 aromatic carbocycles. The van der Waals surface area contributed by atoms with Gasteiger partial charge in [0.1, 0.15) is 67.1 Å². The zero-order chi connectivity index (χ0) is 28.7. The van der Waals surface area contributed by atoms with Gasteiger partial charge in [0.15, 0.2) is 0 Å². The van der Waals surface area contributed by atoms with Gasteiger partial charge in [-0.1, -0.05) is 35.8 Å². The molecule has 9 N–H and O–H groups in total. The number of hydrogen-bond donors (Lipinski definition) is 9. The van der Waals surface area contributed by atoms with E-state index in [9.17, 15) is 46.0 Å². The average Bonchev–Trinajstić information content (AvgIpc) is 3.24. The van der Waals surface area contributed by atoms with Gasteiger partial charge in [-0.3, -0.25) is 0 Å². The van der Waals surface area contributed by atoms with Crippen LogP contribution in [0.1, 0.15) is 28.4 Å². The monoisotopic (exact) mass is 554 g/mol. The number of benzene rings is 2. The van der Waals surface area contributed by atoms with Gasteiger partial charge in [-0.15, -0.1) is 0 Å². The molecule has 2 aliphatic heterocycles. The van der Waals surface area contributed by atoms with Gasteiger partial charge < -0.3 is 55.4 Å². The predicted molar refractivity (Wildman–Crippen MR) is 137 cm³/mol. The summed E-state index contributed by atoms with van der Waals surface area (Å²) in [5.41, 5.74) is 3.77. The maximum absolute atomic E-state index is 11.1. The molecule has 2 aromatic rings. The summed E-state index contributed by atoms with van der Waals surface area (Å²) >= 11 is 0. The highest BCUT2D eigenvalue weighted by molar-refractivity contribution is 5.79. The van der Waals surface area contributed by atoms with Crippen molar-refractivity contribution in [2.45, 2.75) is 67.1 Å². The van der Waals surface area contributed by atoms with Crippen LogP contribution in [0.15, 0.2) is 36.4 Å². The Kier molecular flexibility index (Phi) is 8.27. The average molecular weight is 555 g/mol. The molecule has 5 rings (SSSR count). The summed E-state index contributed by atoms with van der Waals surface area (Å²) in [5, 5.41) is 90.0. The van der Waals surface area contributed by atoms with Crippen molar-refractivity contribution in [3.63, 3.8) is 0 Å². The number of ether oxygens (including phenoxy) is 2. The molecule has 2 saturated heterocycles. The van der Waals surface area contributed by atoms with Crippen LogP contribution in [0.25, 0.3) is 11.1 Å². The highest BCUT2D eigenvalue weighted by Gasteiger charge is 2.43. The van der Waals surface area contributed by atoms with E-state index in [4.69, 9.17) is 9.47 Å². The minimum absolute atomic E-state index is 0.505. The highest BCUT2D eigenvalue weighted by atomic mass is 16.5. The Bertz CT molecular complexity index is 1260. The summed E-state index contributed by atoms with van der Waals surface area (Å²) < 4.78 is 10.8. The summed E-state index contributed by atoms with van der Waals surface area (Å²) in [5.74, 6) is 11.1. The number of aliphatic hydroxyl groups excluding tert-OH is 9. The maximum atomic E-state index is 11.1. The van der Waals surface area contributed by atoms with Crippen molar-refractivity contribution in [1.82, 2.24) is 0 Å². The van der Waals surface area contributed by atoms with Crippen LogP contribution >= 0.6 is 0 Å². The van der Waals surface area contributed by atoms with Gasteiger partial charge in [0.05, 0.1) is 13.2 Å². The molecule has 1 aliphatic carbocycles. The van der Waals surface area contributed by atoms with Crippen molar-refractivity contribution >= 4 is 0 Å². The van der Waals surface area contributed by atoms with Gasteiger partial charge in [0, 0.05) is 11.1 Å². The largest absolute Gasteiger partial charge is 0.394 e. The molecule has 3 aliphatic rings. The van der Waals surface area contributed by atoms with Crippen LogP contribution in [0.3, 0.4) is 0 Å². The fraction of sp³-hybridized carbons (Fsp3) is 0.448. The molecule has 0 bridgehead atoms. The Morgan fingerprint density at radius 1 is 0.550 bits per heavy atom. The molecule has 0 amide bonds. The minimum Gasteiger partial charge on any atom is -0.394 e. The third kappa shape index (κ3) is 5.15. The van der Waals surface area contributed by atoms with Crippen LogP contribution in [0.2, 0.25) is 0 Å². The lowest BCUT2D eigenvalue weighted by Crippen LogP contribution is -2.58. The van der Waals surface area contributed by atoms with E-state index < -0.39 is 80.4 Å². The molecule has 0 unspecified atom stereocenters. The molecule has 2 fully saturated rings. The van der Waals surface area contributed by atoms with Crippen molar-refractivity contribution < 1.29 is 55.4 Å². The Morgan fingerprint density at radius 3 is 1.32 bits per heavy atom. The van der Waals surface area contributed by atoms with E-state index in [-0.39, 0.29) is 0 Å². The third-order valence-electron chi connectivity index (χ3n) is 7.48. The van der Waals surface area contributed by atoms with Crippen LogP contribution in [0.5, 0.6) is 0 Å². The lowest BCUT2D eigenvalue weighted by Gasteiger charge is -2.37. The van der Waals surface area contributed by atoms with Crippen LogP contribution < -0.4 is 0 Å². The second kappa shape index (κ2) is 11.5. The predicted octanol–water partition coefficient (Wildman–Crippen LogP) is -2.86. The SMILES string of the molecule is OC[C@H]1O[C@H](C#Cc2ccc3c(c2)C(O)c2cc(C#C[C@H]4O[C@H](CO)[C@@H](O)[C@H](O)[C@@H]4O)ccc2-3)[C@@H](O)[C@@H](O)[C@@H]1O. The minimum atomic E-state index is -1.53.